The van der Waals surface area contributed by atoms with Crippen LogP contribution in [0.4, 0.5) is 8.78 Å². The van der Waals surface area contributed by atoms with Gasteiger partial charge in [0.25, 0.3) is 0 Å². The molecule has 24 heavy (non-hydrogen) atoms. The fraction of sp³-hybridized carbons (Fsp3) is 0.0526. The van der Waals surface area contributed by atoms with Gasteiger partial charge in [-0.1, -0.05) is 36.4 Å². The molecule has 0 amide bonds. The van der Waals surface area contributed by atoms with Gasteiger partial charge < -0.3 is 4.74 Å². The first kappa shape index (κ1) is 15.8. The highest BCUT2D eigenvalue weighted by atomic mass is 19.1. The maximum atomic E-state index is 13.3. The standard InChI is InChI=1S/C19H13F2NO2/c1-12(7-13-5-3-2-4-6-13)8-17-19(23)24-18(22-17)14-9-15(20)11-16(21)10-14/h2-11H,1H3/b12-7-,17-8+. The Morgan fingerprint density at radius 2 is 1.75 bits per heavy atom. The molecule has 0 unspecified atom stereocenters. The second kappa shape index (κ2) is 6.58. The molecule has 0 radical (unpaired) electrons. The van der Waals surface area contributed by atoms with E-state index in [2.05, 4.69) is 4.99 Å². The molecular formula is C19H13F2NO2. The fourth-order valence-corrected chi connectivity index (χ4v) is 2.28. The van der Waals surface area contributed by atoms with Crippen molar-refractivity contribution in [3.05, 3.63) is 88.6 Å². The lowest BCUT2D eigenvalue weighted by molar-refractivity contribution is -0.130. The molecule has 0 bridgehead atoms. The van der Waals surface area contributed by atoms with Crippen LogP contribution >= 0.6 is 0 Å². The van der Waals surface area contributed by atoms with E-state index in [9.17, 15) is 13.6 Å². The predicted molar refractivity (Wildman–Crippen MR) is 87.2 cm³/mol. The maximum absolute atomic E-state index is 13.3. The van der Waals surface area contributed by atoms with Crippen molar-refractivity contribution >= 4 is 17.9 Å². The molecule has 0 spiro atoms. The van der Waals surface area contributed by atoms with E-state index >= 15 is 0 Å². The number of carbonyl (C=O) groups excluding carboxylic acids is 1. The van der Waals surface area contributed by atoms with E-state index in [-0.39, 0.29) is 17.2 Å². The van der Waals surface area contributed by atoms with Crippen molar-refractivity contribution in [2.75, 3.05) is 0 Å². The summed E-state index contributed by atoms with van der Waals surface area (Å²) in [5.74, 6) is -2.30. The summed E-state index contributed by atoms with van der Waals surface area (Å²) >= 11 is 0. The lowest BCUT2D eigenvalue weighted by Gasteiger charge is -1.99. The van der Waals surface area contributed by atoms with E-state index in [1.165, 1.54) is 0 Å². The summed E-state index contributed by atoms with van der Waals surface area (Å²) < 4.78 is 31.5. The maximum Gasteiger partial charge on any atom is 0.363 e. The number of hydrogen-bond donors (Lipinski definition) is 0. The number of rotatable bonds is 3. The monoisotopic (exact) mass is 325 g/mol. The van der Waals surface area contributed by atoms with Gasteiger partial charge >= 0.3 is 5.97 Å². The summed E-state index contributed by atoms with van der Waals surface area (Å²) in [6.45, 7) is 1.82. The van der Waals surface area contributed by atoms with Crippen molar-refractivity contribution in [1.29, 1.82) is 0 Å². The summed E-state index contributed by atoms with van der Waals surface area (Å²) in [4.78, 5) is 15.9. The van der Waals surface area contributed by atoms with Crippen molar-refractivity contribution in [1.82, 2.24) is 0 Å². The van der Waals surface area contributed by atoms with E-state index in [4.69, 9.17) is 4.74 Å². The Kier molecular flexibility index (Phi) is 4.33. The van der Waals surface area contributed by atoms with Gasteiger partial charge in [-0.2, -0.15) is 0 Å². The topological polar surface area (TPSA) is 38.7 Å². The largest absolute Gasteiger partial charge is 0.402 e. The van der Waals surface area contributed by atoms with Gasteiger partial charge in [0.05, 0.1) is 0 Å². The summed E-state index contributed by atoms with van der Waals surface area (Å²) in [6, 6.07) is 12.4. The van der Waals surface area contributed by atoms with E-state index in [0.717, 1.165) is 29.3 Å². The van der Waals surface area contributed by atoms with Gasteiger partial charge in [-0.15, -0.1) is 0 Å². The number of aliphatic imine (C=N–C) groups is 1. The third kappa shape index (κ3) is 3.63. The Morgan fingerprint density at radius 1 is 1.08 bits per heavy atom. The second-order valence-corrected chi connectivity index (χ2v) is 5.29. The molecule has 0 saturated heterocycles. The molecule has 0 atom stereocenters. The molecule has 2 aromatic rings. The molecule has 0 aliphatic carbocycles. The fourth-order valence-electron chi connectivity index (χ4n) is 2.28. The first-order valence-corrected chi connectivity index (χ1v) is 7.23. The Balaban J connectivity index is 1.90. The van der Waals surface area contributed by atoms with Gasteiger partial charge in [-0.3, -0.25) is 0 Å². The van der Waals surface area contributed by atoms with Crippen LogP contribution in [0.1, 0.15) is 18.1 Å². The number of allylic oxidation sites excluding steroid dienone is 2. The summed E-state index contributed by atoms with van der Waals surface area (Å²) in [5, 5.41) is 0. The molecular weight excluding hydrogens is 312 g/mol. The minimum atomic E-state index is -0.763. The highest BCUT2D eigenvalue weighted by Crippen LogP contribution is 2.20. The summed E-state index contributed by atoms with van der Waals surface area (Å²) in [5.41, 5.74) is 1.94. The molecule has 0 fully saturated rings. The first-order valence-electron chi connectivity index (χ1n) is 7.23. The van der Waals surface area contributed by atoms with Crippen LogP contribution in [0.5, 0.6) is 0 Å². The van der Waals surface area contributed by atoms with E-state index in [1.807, 2.05) is 43.3 Å². The van der Waals surface area contributed by atoms with Crippen molar-refractivity contribution in [2.45, 2.75) is 6.92 Å². The average Bonchev–Trinajstić information content (AvgIpc) is 2.88. The summed E-state index contributed by atoms with van der Waals surface area (Å²) in [6.07, 6.45) is 3.45. The highest BCUT2D eigenvalue weighted by Gasteiger charge is 2.24. The number of ether oxygens (including phenoxy) is 1. The van der Waals surface area contributed by atoms with Crippen LogP contribution < -0.4 is 0 Å². The normalized spacial score (nSPS) is 16.3. The van der Waals surface area contributed by atoms with E-state index < -0.39 is 17.6 Å². The van der Waals surface area contributed by atoms with Crippen LogP contribution in [0.2, 0.25) is 0 Å². The Morgan fingerprint density at radius 3 is 2.42 bits per heavy atom. The van der Waals surface area contributed by atoms with Crippen LogP contribution in [0.3, 0.4) is 0 Å². The first-order chi connectivity index (χ1) is 11.5. The smallest absolute Gasteiger partial charge is 0.363 e. The molecule has 3 nitrogen and oxygen atoms in total. The molecule has 1 heterocycles. The van der Waals surface area contributed by atoms with Crippen LogP contribution in [0.25, 0.3) is 6.08 Å². The van der Waals surface area contributed by atoms with Crippen molar-refractivity contribution in [3.63, 3.8) is 0 Å². The molecule has 2 aromatic carbocycles. The van der Waals surface area contributed by atoms with Gasteiger partial charge in [0, 0.05) is 11.6 Å². The van der Waals surface area contributed by atoms with E-state index in [0.29, 0.717) is 0 Å². The predicted octanol–water partition coefficient (Wildman–Crippen LogP) is 4.26. The Hall–Kier alpha value is -3.08. The Bertz CT molecular complexity index is 863. The number of cyclic esters (lactones) is 1. The molecule has 0 aromatic heterocycles. The van der Waals surface area contributed by atoms with Crippen molar-refractivity contribution < 1.29 is 18.3 Å². The van der Waals surface area contributed by atoms with Gasteiger partial charge in [0.2, 0.25) is 5.90 Å². The molecule has 0 N–H and O–H groups in total. The Labute approximate surface area is 137 Å². The average molecular weight is 325 g/mol. The molecule has 0 saturated carbocycles. The van der Waals surface area contributed by atoms with Crippen molar-refractivity contribution in [3.8, 4) is 0 Å². The SMILES string of the molecule is CC(=C/c1ccccc1)/C=C1/N=C(c2cc(F)cc(F)c2)OC1=O. The molecule has 1 aliphatic heterocycles. The van der Waals surface area contributed by atoms with Gasteiger partial charge in [0.1, 0.15) is 11.6 Å². The zero-order valence-corrected chi connectivity index (χ0v) is 12.8. The lowest BCUT2D eigenvalue weighted by Crippen LogP contribution is -2.06. The van der Waals surface area contributed by atoms with Crippen LogP contribution in [0.15, 0.2) is 70.9 Å². The lowest BCUT2D eigenvalue weighted by atomic mass is 10.1. The van der Waals surface area contributed by atoms with Crippen LogP contribution in [0, 0.1) is 11.6 Å². The minimum Gasteiger partial charge on any atom is -0.402 e. The van der Waals surface area contributed by atoms with Crippen LogP contribution in [-0.2, 0) is 9.53 Å². The number of nitrogens with zero attached hydrogens (tertiary/aromatic N) is 1. The molecule has 120 valence electrons. The van der Waals surface area contributed by atoms with E-state index in [1.54, 1.807) is 6.08 Å². The molecule has 5 heteroatoms. The highest BCUT2D eigenvalue weighted by molar-refractivity contribution is 6.11. The number of benzene rings is 2. The van der Waals surface area contributed by atoms with Gasteiger partial charge in [-0.05, 0) is 36.3 Å². The summed E-state index contributed by atoms with van der Waals surface area (Å²) in [7, 11) is 0. The minimum absolute atomic E-state index is 0.0777. The number of hydrogen-bond acceptors (Lipinski definition) is 3. The van der Waals surface area contributed by atoms with Crippen LogP contribution in [-0.4, -0.2) is 11.9 Å². The number of carbonyl (C=O) groups is 1. The third-order valence-electron chi connectivity index (χ3n) is 3.29. The van der Waals surface area contributed by atoms with Gasteiger partial charge in [-0.25, -0.2) is 18.6 Å². The van der Waals surface area contributed by atoms with Gasteiger partial charge in [0.15, 0.2) is 5.70 Å². The van der Waals surface area contributed by atoms with Crippen molar-refractivity contribution in [2.24, 2.45) is 4.99 Å². The number of halogens is 2. The molecule has 1 aliphatic rings. The second-order valence-electron chi connectivity index (χ2n) is 5.29. The third-order valence-corrected chi connectivity index (χ3v) is 3.29. The number of esters is 1. The zero-order chi connectivity index (χ0) is 17.1. The molecule has 3 rings (SSSR count). The quantitative estimate of drug-likeness (QED) is 0.625. The zero-order valence-electron chi connectivity index (χ0n) is 12.8.